The van der Waals surface area contributed by atoms with Crippen molar-refractivity contribution < 1.29 is 9.59 Å². The summed E-state index contributed by atoms with van der Waals surface area (Å²) in [7, 11) is 0. The summed E-state index contributed by atoms with van der Waals surface area (Å²) in [4.78, 5) is 34.9. The Kier molecular flexibility index (Phi) is 5.18. The Bertz CT molecular complexity index is 882. The van der Waals surface area contributed by atoms with Crippen molar-refractivity contribution in [1.29, 1.82) is 0 Å². The van der Waals surface area contributed by atoms with Gasteiger partial charge < -0.3 is 9.80 Å². The lowest BCUT2D eigenvalue weighted by atomic mass is 10.0. The number of hydrogen-bond donors (Lipinski definition) is 0. The van der Waals surface area contributed by atoms with Gasteiger partial charge in [-0.2, -0.15) is 0 Å². The van der Waals surface area contributed by atoms with Crippen molar-refractivity contribution >= 4 is 28.6 Å². The second-order valence-electron chi connectivity index (χ2n) is 7.02. The molecule has 0 radical (unpaired) electrons. The molecule has 4 rings (SSSR count). The Balaban J connectivity index is 1.63. The van der Waals surface area contributed by atoms with Crippen LogP contribution < -0.4 is 4.90 Å². The molecule has 1 fully saturated rings. The molecule has 0 unspecified atom stereocenters. The molecule has 27 heavy (non-hydrogen) atoms. The molecule has 1 aliphatic heterocycles. The predicted octanol–water partition coefficient (Wildman–Crippen LogP) is 3.71. The van der Waals surface area contributed by atoms with E-state index in [0.717, 1.165) is 30.3 Å². The number of allylic oxidation sites excluding steroid dienone is 2. The van der Waals surface area contributed by atoms with E-state index in [4.69, 9.17) is 0 Å². The summed E-state index contributed by atoms with van der Waals surface area (Å²) in [6.45, 7) is 5.58. The van der Waals surface area contributed by atoms with Gasteiger partial charge in [0.25, 0.3) is 0 Å². The standard InChI is InChI=1S/C21H23N3O2S/c1-15-22-19-20(26)17(14-18(25)21(19)27-15)24(16-8-4-2-5-9-16)13-12-23-10-6-3-7-11-23/h2,4-5,8-9,14H,3,6-7,10-13H2,1H3. The smallest absolute Gasteiger partial charge is 0.229 e. The van der Waals surface area contributed by atoms with Crippen LogP contribution in [-0.2, 0) is 0 Å². The highest BCUT2D eigenvalue weighted by Crippen LogP contribution is 2.30. The van der Waals surface area contributed by atoms with Crippen LogP contribution in [-0.4, -0.2) is 47.6 Å². The Morgan fingerprint density at radius 1 is 1.11 bits per heavy atom. The number of aromatic nitrogens is 1. The van der Waals surface area contributed by atoms with Crippen LogP contribution in [0.5, 0.6) is 0 Å². The predicted molar refractivity (Wildman–Crippen MR) is 108 cm³/mol. The maximum atomic E-state index is 13.1. The van der Waals surface area contributed by atoms with Crippen molar-refractivity contribution in [2.24, 2.45) is 0 Å². The number of ketones is 2. The van der Waals surface area contributed by atoms with Gasteiger partial charge in [-0.25, -0.2) is 4.98 Å². The number of aryl methyl sites for hydroxylation is 1. The van der Waals surface area contributed by atoms with Crippen molar-refractivity contribution in [2.45, 2.75) is 26.2 Å². The summed E-state index contributed by atoms with van der Waals surface area (Å²) < 4.78 is 0. The lowest BCUT2D eigenvalue weighted by Crippen LogP contribution is -2.40. The third-order valence-corrected chi connectivity index (χ3v) is 6.11. The second kappa shape index (κ2) is 7.74. The number of likely N-dealkylation sites (tertiary alicyclic amines) is 1. The zero-order valence-electron chi connectivity index (χ0n) is 15.5. The summed E-state index contributed by atoms with van der Waals surface area (Å²) in [6.07, 6.45) is 5.24. The van der Waals surface area contributed by atoms with E-state index in [9.17, 15) is 9.59 Å². The summed E-state index contributed by atoms with van der Waals surface area (Å²) >= 11 is 1.29. The minimum absolute atomic E-state index is 0.121. The van der Waals surface area contributed by atoms with Crippen molar-refractivity contribution in [3.8, 4) is 0 Å². The second-order valence-corrected chi connectivity index (χ2v) is 8.23. The summed E-state index contributed by atoms with van der Waals surface area (Å²) in [6, 6.07) is 9.83. The van der Waals surface area contributed by atoms with Crippen molar-refractivity contribution in [2.75, 3.05) is 31.1 Å². The molecule has 0 atom stereocenters. The average Bonchev–Trinajstić information content (AvgIpc) is 3.10. The van der Waals surface area contributed by atoms with Gasteiger partial charge in [-0.05, 0) is 45.0 Å². The first-order valence-corrected chi connectivity index (χ1v) is 10.3. The zero-order valence-corrected chi connectivity index (χ0v) is 16.3. The molecular formula is C21H23N3O2S. The highest BCUT2D eigenvalue weighted by molar-refractivity contribution is 7.14. The van der Waals surface area contributed by atoms with Gasteiger partial charge in [0.2, 0.25) is 5.78 Å². The average molecular weight is 382 g/mol. The molecule has 0 amide bonds. The largest absolute Gasteiger partial charge is 0.337 e. The maximum Gasteiger partial charge on any atom is 0.229 e. The number of thiazole rings is 1. The highest BCUT2D eigenvalue weighted by Gasteiger charge is 2.33. The van der Waals surface area contributed by atoms with E-state index >= 15 is 0 Å². The fourth-order valence-electron chi connectivity index (χ4n) is 3.75. The number of carbonyl (C=O) groups is 2. The fraction of sp³-hybridized carbons (Fsp3) is 0.381. The topological polar surface area (TPSA) is 53.5 Å². The summed E-state index contributed by atoms with van der Waals surface area (Å²) in [5.74, 6) is -0.277. The van der Waals surface area contributed by atoms with Crippen LogP contribution >= 0.6 is 11.3 Å². The molecule has 1 aromatic heterocycles. The first-order valence-electron chi connectivity index (χ1n) is 9.46. The number of benzene rings is 1. The number of anilines is 1. The van der Waals surface area contributed by atoms with E-state index in [0.29, 0.717) is 22.8 Å². The number of Topliss-reactive ketones (excluding diaryl/α,β-unsaturated/α-hetero) is 1. The minimum atomic E-state index is -0.156. The third-order valence-electron chi connectivity index (χ3n) is 5.12. The Morgan fingerprint density at radius 2 is 1.85 bits per heavy atom. The van der Waals surface area contributed by atoms with Crippen molar-refractivity contribution in [3.63, 3.8) is 0 Å². The van der Waals surface area contributed by atoms with E-state index in [2.05, 4.69) is 9.88 Å². The number of carbonyl (C=O) groups excluding carboxylic acids is 2. The maximum absolute atomic E-state index is 13.1. The molecule has 5 nitrogen and oxygen atoms in total. The molecule has 1 aliphatic carbocycles. The highest BCUT2D eigenvalue weighted by atomic mass is 32.1. The molecular weight excluding hydrogens is 358 g/mol. The molecule has 140 valence electrons. The van der Waals surface area contributed by atoms with Crippen molar-refractivity contribution in [3.05, 3.63) is 57.7 Å². The third kappa shape index (κ3) is 3.73. The van der Waals surface area contributed by atoms with Crippen molar-refractivity contribution in [1.82, 2.24) is 9.88 Å². The molecule has 0 saturated carbocycles. The van der Waals surface area contributed by atoms with E-state index in [1.165, 1.54) is 36.7 Å². The normalized spacial score (nSPS) is 17.6. The molecule has 2 heterocycles. The Morgan fingerprint density at radius 3 is 2.59 bits per heavy atom. The first-order chi connectivity index (χ1) is 13.1. The summed E-state index contributed by atoms with van der Waals surface area (Å²) in [5, 5.41) is 0.746. The number of nitrogens with zero attached hydrogens (tertiary/aromatic N) is 3. The molecule has 1 aromatic carbocycles. The van der Waals surface area contributed by atoms with Gasteiger partial charge in [0.15, 0.2) is 5.78 Å². The van der Waals surface area contributed by atoms with Crippen LogP contribution in [0.3, 0.4) is 0 Å². The minimum Gasteiger partial charge on any atom is -0.337 e. The van der Waals surface area contributed by atoms with Gasteiger partial charge in [0.05, 0.1) is 10.7 Å². The molecule has 0 N–H and O–H groups in total. The molecule has 2 aliphatic rings. The molecule has 0 bridgehead atoms. The van der Waals surface area contributed by atoms with E-state index in [1.807, 2.05) is 42.2 Å². The number of hydrogen-bond acceptors (Lipinski definition) is 6. The Hall–Kier alpha value is -2.31. The van der Waals surface area contributed by atoms with Crippen LogP contribution in [0.25, 0.3) is 0 Å². The van der Waals surface area contributed by atoms with Crippen LogP contribution in [0.15, 0.2) is 42.1 Å². The van der Waals surface area contributed by atoms with Gasteiger partial charge in [-0.15, -0.1) is 11.3 Å². The number of rotatable bonds is 5. The van der Waals surface area contributed by atoms with E-state index in [1.54, 1.807) is 0 Å². The molecule has 1 saturated heterocycles. The van der Waals surface area contributed by atoms with Crippen LogP contribution in [0.2, 0.25) is 0 Å². The van der Waals surface area contributed by atoms with Crippen LogP contribution in [0.1, 0.15) is 44.4 Å². The van der Waals surface area contributed by atoms with Crippen LogP contribution in [0.4, 0.5) is 5.69 Å². The lowest BCUT2D eigenvalue weighted by Gasteiger charge is -2.32. The monoisotopic (exact) mass is 381 g/mol. The number of para-hydroxylation sites is 1. The zero-order chi connectivity index (χ0) is 18.8. The number of piperidine rings is 1. The molecule has 2 aromatic rings. The lowest BCUT2D eigenvalue weighted by molar-refractivity contribution is 0.0981. The fourth-order valence-corrected chi connectivity index (χ4v) is 4.57. The van der Waals surface area contributed by atoms with Gasteiger partial charge >= 0.3 is 0 Å². The van der Waals surface area contributed by atoms with E-state index in [-0.39, 0.29) is 11.6 Å². The van der Waals surface area contributed by atoms with E-state index < -0.39 is 0 Å². The molecule has 6 heteroatoms. The van der Waals surface area contributed by atoms with Crippen LogP contribution in [0, 0.1) is 6.92 Å². The SMILES string of the molecule is Cc1nc2c(s1)C(=O)C=C(N(CCN1CCCCC1)c1ccccc1)C2=O. The quantitative estimate of drug-likeness (QED) is 0.790. The Labute approximate surface area is 163 Å². The van der Waals surface area contributed by atoms with Gasteiger partial charge in [-0.3, -0.25) is 9.59 Å². The summed E-state index contributed by atoms with van der Waals surface area (Å²) in [5.41, 5.74) is 1.66. The van der Waals surface area contributed by atoms with Gasteiger partial charge in [0, 0.05) is 24.9 Å². The number of fused-ring (bicyclic) bond motifs is 1. The van der Waals surface area contributed by atoms with Gasteiger partial charge in [0.1, 0.15) is 10.6 Å². The van der Waals surface area contributed by atoms with Gasteiger partial charge in [-0.1, -0.05) is 24.6 Å². The first kappa shape index (κ1) is 18.1. The molecule has 0 spiro atoms.